The number of unbranched alkanes of at least 4 members (excludes halogenated alkanes) is 3. The van der Waals surface area contributed by atoms with Gasteiger partial charge in [-0.25, -0.2) is 0 Å². The lowest BCUT2D eigenvalue weighted by Crippen LogP contribution is -2.25. The molecule has 1 N–H and O–H groups in total. The Labute approximate surface area is 115 Å². The van der Waals surface area contributed by atoms with E-state index in [-0.39, 0.29) is 5.91 Å². The minimum absolute atomic E-state index is 0.107. The van der Waals surface area contributed by atoms with Gasteiger partial charge in [-0.15, -0.1) is 0 Å². The van der Waals surface area contributed by atoms with Crippen LogP contribution in [0.3, 0.4) is 0 Å². The second-order valence-electron chi connectivity index (χ2n) is 4.83. The Kier molecular flexibility index (Phi) is 11.5. The minimum Gasteiger partial charge on any atom is -0.352 e. The van der Waals surface area contributed by atoms with Gasteiger partial charge >= 0.3 is 0 Å². The van der Waals surface area contributed by atoms with E-state index >= 15 is 0 Å². The average Bonchev–Trinajstić information content (AvgIpc) is 2.38. The zero-order chi connectivity index (χ0) is 13.8. The lowest BCUT2D eigenvalue weighted by molar-refractivity contribution is -0.116. The lowest BCUT2D eigenvalue weighted by Gasteiger charge is -2.12. The van der Waals surface area contributed by atoms with Crippen LogP contribution >= 0.6 is 9.24 Å². The molecule has 0 rings (SSSR count). The van der Waals surface area contributed by atoms with E-state index in [1.165, 1.54) is 31.3 Å². The van der Waals surface area contributed by atoms with Crippen LogP contribution in [-0.4, -0.2) is 12.5 Å². The summed E-state index contributed by atoms with van der Waals surface area (Å²) in [6.07, 6.45) is 9.04. The summed E-state index contributed by atoms with van der Waals surface area (Å²) in [6.45, 7) is 7.32. The Hall–Kier alpha value is -0.360. The quantitative estimate of drug-likeness (QED) is 0.356. The SMILES string of the molecule is CCCCNC(=O)C(P)=C(CCCC)CCCC. The molecule has 0 aromatic rings. The number of hydrogen-bond donors (Lipinski definition) is 1. The van der Waals surface area contributed by atoms with Gasteiger partial charge in [-0.2, -0.15) is 0 Å². The monoisotopic (exact) mass is 271 g/mol. The van der Waals surface area contributed by atoms with Crippen LogP contribution in [0.15, 0.2) is 10.9 Å². The molecule has 0 aliphatic heterocycles. The fourth-order valence-electron chi connectivity index (χ4n) is 1.81. The van der Waals surface area contributed by atoms with E-state index in [1.54, 1.807) is 0 Å². The summed E-state index contributed by atoms with van der Waals surface area (Å²) < 4.78 is 0. The van der Waals surface area contributed by atoms with Gasteiger partial charge in [0.15, 0.2) is 0 Å². The van der Waals surface area contributed by atoms with Crippen molar-refractivity contribution in [2.24, 2.45) is 0 Å². The zero-order valence-electron chi connectivity index (χ0n) is 12.3. The highest BCUT2D eigenvalue weighted by atomic mass is 31.0. The molecule has 2 nitrogen and oxygen atoms in total. The van der Waals surface area contributed by atoms with E-state index in [0.29, 0.717) is 0 Å². The highest BCUT2D eigenvalue weighted by Gasteiger charge is 2.10. The standard InChI is InChI=1S/C15H30NOP/c1-4-7-10-13(11-8-5-2)14(18)15(17)16-12-9-6-3/h4-12,18H2,1-3H3,(H,16,17). The third-order valence-corrected chi connectivity index (χ3v) is 3.78. The summed E-state index contributed by atoms with van der Waals surface area (Å²) in [7, 11) is 2.66. The molecule has 0 saturated carbocycles. The van der Waals surface area contributed by atoms with E-state index in [9.17, 15) is 4.79 Å². The largest absolute Gasteiger partial charge is 0.352 e. The van der Waals surface area contributed by atoms with Crippen molar-refractivity contribution < 1.29 is 4.79 Å². The van der Waals surface area contributed by atoms with Gasteiger partial charge in [0.2, 0.25) is 0 Å². The molecule has 0 spiro atoms. The maximum absolute atomic E-state index is 12.0. The van der Waals surface area contributed by atoms with Crippen LogP contribution in [0.4, 0.5) is 0 Å². The Balaban J connectivity index is 4.44. The first kappa shape index (κ1) is 17.6. The van der Waals surface area contributed by atoms with E-state index < -0.39 is 0 Å². The molecule has 1 unspecified atom stereocenters. The van der Waals surface area contributed by atoms with Gasteiger partial charge in [-0.1, -0.05) is 54.8 Å². The van der Waals surface area contributed by atoms with E-state index in [0.717, 1.165) is 37.5 Å². The molecular formula is C15H30NOP. The van der Waals surface area contributed by atoms with E-state index in [2.05, 4.69) is 35.3 Å². The Morgan fingerprint density at radius 1 is 0.944 bits per heavy atom. The fourth-order valence-corrected chi connectivity index (χ4v) is 2.20. The summed E-state index contributed by atoms with van der Waals surface area (Å²) in [6, 6.07) is 0. The molecule has 18 heavy (non-hydrogen) atoms. The first-order chi connectivity index (χ1) is 8.67. The van der Waals surface area contributed by atoms with Crippen molar-refractivity contribution in [3.05, 3.63) is 10.9 Å². The molecule has 0 aromatic heterocycles. The number of allylic oxidation sites excluding steroid dienone is 1. The molecule has 3 heteroatoms. The van der Waals surface area contributed by atoms with Gasteiger partial charge in [0.1, 0.15) is 0 Å². The van der Waals surface area contributed by atoms with Gasteiger partial charge in [0.25, 0.3) is 5.91 Å². The van der Waals surface area contributed by atoms with Crippen LogP contribution in [0.25, 0.3) is 0 Å². The molecule has 0 aromatic carbocycles. The smallest absolute Gasteiger partial charge is 0.251 e. The van der Waals surface area contributed by atoms with Gasteiger partial charge in [0.05, 0.1) is 0 Å². The normalized spacial score (nSPS) is 10.2. The predicted molar refractivity (Wildman–Crippen MR) is 83.7 cm³/mol. The fraction of sp³-hybridized carbons (Fsp3) is 0.800. The second kappa shape index (κ2) is 11.7. The molecule has 0 aliphatic carbocycles. The number of rotatable bonds is 10. The molecule has 1 amide bonds. The van der Waals surface area contributed by atoms with Crippen molar-refractivity contribution in [3.8, 4) is 0 Å². The summed E-state index contributed by atoms with van der Waals surface area (Å²) in [5, 5.41) is 3.88. The van der Waals surface area contributed by atoms with Crippen molar-refractivity contribution in [2.75, 3.05) is 6.54 Å². The average molecular weight is 271 g/mol. The molecule has 106 valence electrons. The Morgan fingerprint density at radius 2 is 1.44 bits per heavy atom. The summed E-state index contributed by atoms with van der Waals surface area (Å²) in [5.41, 5.74) is 1.33. The molecule has 1 atom stereocenters. The first-order valence-electron chi connectivity index (χ1n) is 7.42. The number of amides is 1. The summed E-state index contributed by atoms with van der Waals surface area (Å²) in [5.74, 6) is 0.107. The molecule has 0 bridgehead atoms. The van der Waals surface area contributed by atoms with Gasteiger partial charge in [-0.05, 0) is 32.1 Å². The van der Waals surface area contributed by atoms with Crippen molar-refractivity contribution in [3.63, 3.8) is 0 Å². The maximum Gasteiger partial charge on any atom is 0.251 e. The number of nitrogens with one attached hydrogen (secondary N) is 1. The highest BCUT2D eigenvalue weighted by Crippen LogP contribution is 2.23. The van der Waals surface area contributed by atoms with Crippen molar-refractivity contribution in [1.82, 2.24) is 5.32 Å². The Morgan fingerprint density at radius 3 is 1.89 bits per heavy atom. The van der Waals surface area contributed by atoms with E-state index in [4.69, 9.17) is 0 Å². The van der Waals surface area contributed by atoms with Crippen LogP contribution in [0.5, 0.6) is 0 Å². The highest BCUT2D eigenvalue weighted by molar-refractivity contribution is 7.25. The van der Waals surface area contributed by atoms with Crippen molar-refractivity contribution >= 4 is 15.1 Å². The molecule has 0 fully saturated rings. The molecular weight excluding hydrogens is 241 g/mol. The van der Waals surface area contributed by atoms with Gasteiger partial charge in [0, 0.05) is 11.9 Å². The predicted octanol–water partition coefficient (Wildman–Crippen LogP) is 4.41. The summed E-state index contributed by atoms with van der Waals surface area (Å²) >= 11 is 0. The molecule has 0 aliphatic rings. The van der Waals surface area contributed by atoms with Crippen molar-refractivity contribution in [2.45, 2.75) is 72.1 Å². The molecule has 0 radical (unpaired) electrons. The van der Waals surface area contributed by atoms with Crippen LogP contribution in [-0.2, 0) is 4.79 Å². The zero-order valence-corrected chi connectivity index (χ0v) is 13.5. The topological polar surface area (TPSA) is 29.1 Å². The molecule has 0 heterocycles. The Bertz CT molecular complexity index is 251. The van der Waals surface area contributed by atoms with Crippen LogP contribution < -0.4 is 5.32 Å². The number of carbonyl (C=O) groups is 1. The van der Waals surface area contributed by atoms with E-state index in [1.807, 2.05) is 0 Å². The van der Waals surface area contributed by atoms with Crippen LogP contribution in [0, 0.1) is 0 Å². The van der Waals surface area contributed by atoms with Gasteiger partial charge < -0.3 is 5.32 Å². The minimum atomic E-state index is 0.107. The van der Waals surface area contributed by atoms with Gasteiger partial charge in [-0.3, -0.25) is 4.79 Å². The third-order valence-electron chi connectivity index (χ3n) is 3.11. The molecule has 0 saturated heterocycles. The lowest BCUT2D eigenvalue weighted by atomic mass is 10.0. The number of carbonyl (C=O) groups excluding carboxylic acids is 1. The van der Waals surface area contributed by atoms with Crippen LogP contribution in [0.1, 0.15) is 72.1 Å². The maximum atomic E-state index is 12.0. The van der Waals surface area contributed by atoms with Crippen LogP contribution in [0.2, 0.25) is 0 Å². The second-order valence-corrected chi connectivity index (χ2v) is 5.41. The first-order valence-corrected chi connectivity index (χ1v) is 8.00. The van der Waals surface area contributed by atoms with Crippen molar-refractivity contribution in [1.29, 1.82) is 0 Å². The number of hydrogen-bond acceptors (Lipinski definition) is 1. The third kappa shape index (κ3) is 7.87. The summed E-state index contributed by atoms with van der Waals surface area (Å²) in [4.78, 5) is 12.0.